The Morgan fingerprint density at radius 1 is 1.41 bits per heavy atom. The highest BCUT2D eigenvalue weighted by molar-refractivity contribution is 6.30. The van der Waals surface area contributed by atoms with E-state index in [2.05, 4.69) is 0 Å². The van der Waals surface area contributed by atoms with Crippen molar-refractivity contribution < 1.29 is 9.13 Å². The van der Waals surface area contributed by atoms with Gasteiger partial charge in [0.25, 0.3) is 0 Å². The van der Waals surface area contributed by atoms with Gasteiger partial charge in [-0.25, -0.2) is 4.39 Å². The van der Waals surface area contributed by atoms with Crippen LogP contribution in [0.15, 0.2) is 18.2 Å². The average molecular weight is 258 g/mol. The predicted molar refractivity (Wildman–Crippen MR) is 66.5 cm³/mol. The molecule has 2 N–H and O–H groups in total. The normalized spacial score (nSPS) is 19.2. The van der Waals surface area contributed by atoms with Gasteiger partial charge >= 0.3 is 0 Å². The van der Waals surface area contributed by atoms with Crippen LogP contribution in [0.2, 0.25) is 5.02 Å². The summed E-state index contributed by atoms with van der Waals surface area (Å²) >= 11 is 5.75. The van der Waals surface area contributed by atoms with Gasteiger partial charge in [-0.1, -0.05) is 23.7 Å². The van der Waals surface area contributed by atoms with Crippen molar-refractivity contribution in [2.45, 2.75) is 25.3 Å². The lowest BCUT2D eigenvalue weighted by atomic mass is 9.90. The number of hydrogen-bond donors (Lipinski definition) is 1. The molecule has 94 valence electrons. The Balaban J connectivity index is 2.03. The lowest BCUT2D eigenvalue weighted by Crippen LogP contribution is -2.22. The summed E-state index contributed by atoms with van der Waals surface area (Å²) in [5.74, 6) is 0.144. The summed E-state index contributed by atoms with van der Waals surface area (Å²) in [6, 6.07) is 4.72. The highest BCUT2D eigenvalue weighted by Gasteiger charge is 2.20. The van der Waals surface area contributed by atoms with E-state index in [0.717, 1.165) is 32.5 Å². The molecule has 0 spiro atoms. The molecule has 2 rings (SSSR count). The Morgan fingerprint density at radius 2 is 2.12 bits per heavy atom. The second-order valence-electron chi connectivity index (χ2n) is 4.54. The third kappa shape index (κ3) is 3.18. The van der Waals surface area contributed by atoms with Crippen LogP contribution in [0.3, 0.4) is 0 Å². The van der Waals surface area contributed by atoms with E-state index >= 15 is 0 Å². The monoisotopic (exact) mass is 257 g/mol. The van der Waals surface area contributed by atoms with Crippen LogP contribution in [0.4, 0.5) is 4.39 Å². The SMILES string of the molecule is NC(CC1CCOCC1)c1cccc(Cl)c1F. The zero-order valence-electron chi connectivity index (χ0n) is 9.66. The molecule has 0 aromatic heterocycles. The minimum absolute atomic E-state index is 0.143. The number of ether oxygens (including phenoxy) is 1. The molecule has 1 saturated heterocycles. The van der Waals surface area contributed by atoms with Crippen molar-refractivity contribution in [1.29, 1.82) is 0 Å². The van der Waals surface area contributed by atoms with Crippen molar-refractivity contribution in [2.24, 2.45) is 11.7 Å². The Labute approximate surface area is 106 Å². The number of nitrogens with two attached hydrogens (primary N) is 1. The van der Waals surface area contributed by atoms with Gasteiger partial charge in [-0.2, -0.15) is 0 Å². The summed E-state index contributed by atoms with van der Waals surface area (Å²) < 4.78 is 19.1. The molecule has 0 amide bonds. The molecule has 17 heavy (non-hydrogen) atoms. The molecule has 1 heterocycles. The van der Waals surface area contributed by atoms with Crippen molar-refractivity contribution in [2.75, 3.05) is 13.2 Å². The van der Waals surface area contributed by atoms with E-state index in [4.69, 9.17) is 22.1 Å². The molecule has 1 aliphatic heterocycles. The largest absolute Gasteiger partial charge is 0.381 e. The van der Waals surface area contributed by atoms with Gasteiger partial charge in [-0.3, -0.25) is 0 Å². The van der Waals surface area contributed by atoms with Crippen LogP contribution in [0.5, 0.6) is 0 Å². The van der Waals surface area contributed by atoms with Crippen LogP contribution in [-0.4, -0.2) is 13.2 Å². The van der Waals surface area contributed by atoms with Crippen LogP contribution in [0, 0.1) is 11.7 Å². The van der Waals surface area contributed by atoms with Gasteiger partial charge in [0.2, 0.25) is 0 Å². The molecule has 0 saturated carbocycles. The molecule has 1 aromatic carbocycles. The van der Waals surface area contributed by atoms with Gasteiger partial charge in [-0.15, -0.1) is 0 Å². The zero-order valence-corrected chi connectivity index (χ0v) is 10.4. The second kappa shape index (κ2) is 5.80. The van der Waals surface area contributed by atoms with E-state index in [-0.39, 0.29) is 16.9 Å². The van der Waals surface area contributed by atoms with Crippen LogP contribution in [0.1, 0.15) is 30.9 Å². The Kier molecular flexibility index (Phi) is 4.37. The quantitative estimate of drug-likeness (QED) is 0.902. The van der Waals surface area contributed by atoms with Crippen molar-refractivity contribution >= 4 is 11.6 Å². The number of rotatable bonds is 3. The number of hydrogen-bond acceptors (Lipinski definition) is 2. The molecule has 2 nitrogen and oxygen atoms in total. The summed E-state index contributed by atoms with van der Waals surface area (Å²) in [4.78, 5) is 0. The fourth-order valence-corrected chi connectivity index (χ4v) is 2.46. The van der Waals surface area contributed by atoms with Crippen molar-refractivity contribution in [3.8, 4) is 0 Å². The fourth-order valence-electron chi connectivity index (χ4n) is 2.28. The molecule has 1 atom stereocenters. The van der Waals surface area contributed by atoms with Gasteiger partial charge in [0, 0.05) is 24.8 Å². The molecule has 0 aliphatic carbocycles. The van der Waals surface area contributed by atoms with Crippen molar-refractivity contribution in [3.05, 3.63) is 34.6 Å². The third-order valence-corrected chi connectivity index (χ3v) is 3.60. The van der Waals surface area contributed by atoms with E-state index in [0.29, 0.717) is 11.5 Å². The number of benzene rings is 1. The molecule has 1 aromatic rings. The number of halogens is 2. The first-order valence-electron chi connectivity index (χ1n) is 5.95. The van der Waals surface area contributed by atoms with Crippen molar-refractivity contribution in [3.63, 3.8) is 0 Å². The highest BCUT2D eigenvalue weighted by Crippen LogP contribution is 2.29. The van der Waals surface area contributed by atoms with Crippen LogP contribution in [-0.2, 0) is 4.74 Å². The maximum atomic E-state index is 13.8. The van der Waals surface area contributed by atoms with Crippen molar-refractivity contribution in [1.82, 2.24) is 0 Å². The molecule has 1 unspecified atom stereocenters. The minimum Gasteiger partial charge on any atom is -0.381 e. The van der Waals surface area contributed by atoms with Gasteiger partial charge in [0.1, 0.15) is 5.82 Å². The van der Waals surface area contributed by atoms with E-state index in [1.807, 2.05) is 0 Å². The molecular formula is C13H17ClFNO. The smallest absolute Gasteiger partial charge is 0.146 e. The van der Waals surface area contributed by atoms with Crippen LogP contribution < -0.4 is 5.73 Å². The summed E-state index contributed by atoms with van der Waals surface area (Å²) in [6.45, 7) is 1.57. The molecule has 0 radical (unpaired) electrons. The Hall–Kier alpha value is -0.640. The third-order valence-electron chi connectivity index (χ3n) is 3.31. The molecule has 4 heteroatoms. The lowest BCUT2D eigenvalue weighted by molar-refractivity contribution is 0.0617. The molecule has 0 bridgehead atoms. The topological polar surface area (TPSA) is 35.2 Å². The molecule has 1 aliphatic rings. The minimum atomic E-state index is -0.381. The maximum absolute atomic E-state index is 13.8. The Bertz CT molecular complexity index is 380. The second-order valence-corrected chi connectivity index (χ2v) is 4.95. The van der Waals surface area contributed by atoms with E-state index in [1.165, 1.54) is 0 Å². The van der Waals surface area contributed by atoms with Crippen LogP contribution in [0.25, 0.3) is 0 Å². The molecular weight excluding hydrogens is 241 g/mol. The zero-order chi connectivity index (χ0) is 12.3. The summed E-state index contributed by atoms with van der Waals surface area (Å²) in [5.41, 5.74) is 6.57. The van der Waals surface area contributed by atoms with E-state index in [1.54, 1.807) is 18.2 Å². The standard InChI is InChI=1S/C13H17ClFNO/c14-11-3-1-2-10(13(11)15)12(16)8-9-4-6-17-7-5-9/h1-3,9,12H,4-8,16H2. The summed E-state index contributed by atoms with van der Waals surface area (Å²) in [5, 5.41) is 0.143. The summed E-state index contributed by atoms with van der Waals surface area (Å²) in [6.07, 6.45) is 2.81. The fraction of sp³-hybridized carbons (Fsp3) is 0.538. The lowest BCUT2D eigenvalue weighted by Gasteiger charge is -2.25. The molecule has 1 fully saturated rings. The van der Waals surface area contributed by atoms with Gasteiger partial charge in [0.05, 0.1) is 5.02 Å². The first-order chi connectivity index (χ1) is 8.18. The Morgan fingerprint density at radius 3 is 2.82 bits per heavy atom. The van der Waals surface area contributed by atoms with Gasteiger partial charge in [0.15, 0.2) is 0 Å². The van der Waals surface area contributed by atoms with Gasteiger partial charge in [-0.05, 0) is 31.2 Å². The van der Waals surface area contributed by atoms with Crippen LogP contribution >= 0.6 is 11.6 Å². The first-order valence-corrected chi connectivity index (χ1v) is 6.33. The highest BCUT2D eigenvalue weighted by atomic mass is 35.5. The average Bonchev–Trinajstić information content (AvgIpc) is 2.34. The predicted octanol–water partition coefficient (Wildman–Crippen LogP) is 3.30. The first kappa shape index (κ1) is 12.8. The van der Waals surface area contributed by atoms with Gasteiger partial charge < -0.3 is 10.5 Å². The van der Waals surface area contributed by atoms with E-state index < -0.39 is 0 Å². The van der Waals surface area contributed by atoms with E-state index in [9.17, 15) is 4.39 Å². The summed E-state index contributed by atoms with van der Waals surface area (Å²) in [7, 11) is 0. The maximum Gasteiger partial charge on any atom is 0.146 e.